The average molecular weight is 460 g/mol. The SMILES string of the molecule is CCOc1ccc(OCCNC(=O)COC(=O)c2ccccc2SCC2CCCO2)cc1. The molecule has 0 spiro atoms. The van der Waals surface area contributed by atoms with E-state index in [0.29, 0.717) is 31.1 Å². The Morgan fingerprint density at radius 2 is 1.84 bits per heavy atom. The van der Waals surface area contributed by atoms with Crippen LogP contribution in [0.1, 0.15) is 30.1 Å². The first-order chi connectivity index (χ1) is 15.7. The molecule has 1 heterocycles. The topological polar surface area (TPSA) is 83.1 Å². The van der Waals surface area contributed by atoms with Gasteiger partial charge in [0.1, 0.15) is 18.1 Å². The number of thioether (sulfide) groups is 1. The second-order valence-corrected chi connectivity index (χ2v) is 8.18. The maximum absolute atomic E-state index is 12.5. The summed E-state index contributed by atoms with van der Waals surface area (Å²) in [6, 6.07) is 14.5. The van der Waals surface area contributed by atoms with E-state index in [1.165, 1.54) is 0 Å². The van der Waals surface area contributed by atoms with Crippen LogP contribution in [0.2, 0.25) is 0 Å². The van der Waals surface area contributed by atoms with Crippen LogP contribution in [-0.4, -0.2) is 56.7 Å². The summed E-state index contributed by atoms with van der Waals surface area (Å²) in [6.45, 7) is 3.60. The molecule has 1 saturated heterocycles. The first-order valence-electron chi connectivity index (χ1n) is 10.8. The molecule has 1 N–H and O–H groups in total. The number of carbonyl (C=O) groups excluding carboxylic acids is 2. The average Bonchev–Trinajstić information content (AvgIpc) is 3.34. The Morgan fingerprint density at radius 1 is 1.09 bits per heavy atom. The molecular weight excluding hydrogens is 430 g/mol. The van der Waals surface area contributed by atoms with Gasteiger partial charge >= 0.3 is 5.97 Å². The minimum Gasteiger partial charge on any atom is -0.494 e. The van der Waals surface area contributed by atoms with E-state index in [1.54, 1.807) is 23.9 Å². The molecule has 172 valence electrons. The van der Waals surface area contributed by atoms with E-state index in [1.807, 2.05) is 43.3 Å². The van der Waals surface area contributed by atoms with Crippen molar-refractivity contribution in [1.82, 2.24) is 5.32 Å². The highest BCUT2D eigenvalue weighted by molar-refractivity contribution is 7.99. The fourth-order valence-corrected chi connectivity index (χ4v) is 4.25. The van der Waals surface area contributed by atoms with Crippen LogP contribution in [0.3, 0.4) is 0 Å². The van der Waals surface area contributed by atoms with Gasteiger partial charge < -0.3 is 24.3 Å². The van der Waals surface area contributed by atoms with Gasteiger partial charge in [0.15, 0.2) is 6.61 Å². The van der Waals surface area contributed by atoms with E-state index in [-0.39, 0.29) is 18.6 Å². The van der Waals surface area contributed by atoms with Gasteiger partial charge in [0.05, 0.1) is 24.8 Å². The summed E-state index contributed by atoms with van der Waals surface area (Å²) in [4.78, 5) is 25.3. The maximum atomic E-state index is 12.5. The summed E-state index contributed by atoms with van der Waals surface area (Å²) in [5, 5.41) is 2.68. The van der Waals surface area contributed by atoms with Gasteiger partial charge in [-0.25, -0.2) is 4.79 Å². The number of carbonyl (C=O) groups is 2. The number of nitrogens with one attached hydrogen (secondary N) is 1. The molecule has 1 aliphatic heterocycles. The largest absolute Gasteiger partial charge is 0.494 e. The molecule has 3 rings (SSSR count). The van der Waals surface area contributed by atoms with Crippen molar-refractivity contribution in [3.05, 3.63) is 54.1 Å². The molecule has 32 heavy (non-hydrogen) atoms. The van der Waals surface area contributed by atoms with Crippen LogP contribution < -0.4 is 14.8 Å². The Hall–Kier alpha value is -2.71. The fraction of sp³-hybridized carbons (Fsp3) is 0.417. The van der Waals surface area contributed by atoms with Gasteiger partial charge in [-0.2, -0.15) is 0 Å². The van der Waals surface area contributed by atoms with Gasteiger partial charge in [0, 0.05) is 17.3 Å². The second kappa shape index (κ2) is 13.0. The molecule has 1 unspecified atom stereocenters. The number of ether oxygens (including phenoxy) is 4. The third kappa shape index (κ3) is 7.76. The first kappa shape index (κ1) is 23.9. The zero-order chi connectivity index (χ0) is 22.6. The molecule has 0 bridgehead atoms. The summed E-state index contributed by atoms with van der Waals surface area (Å²) in [5.41, 5.74) is 0.460. The van der Waals surface area contributed by atoms with Gasteiger partial charge in [0.25, 0.3) is 5.91 Å². The molecule has 2 aromatic rings. The summed E-state index contributed by atoms with van der Waals surface area (Å²) >= 11 is 1.57. The normalized spacial score (nSPS) is 15.2. The van der Waals surface area contributed by atoms with Crippen molar-refractivity contribution >= 4 is 23.6 Å². The van der Waals surface area contributed by atoms with Gasteiger partial charge in [-0.1, -0.05) is 12.1 Å². The molecule has 8 heteroatoms. The van der Waals surface area contributed by atoms with Crippen molar-refractivity contribution in [3.63, 3.8) is 0 Å². The van der Waals surface area contributed by atoms with Gasteiger partial charge in [-0.05, 0) is 56.2 Å². The van der Waals surface area contributed by atoms with Crippen LogP contribution >= 0.6 is 11.8 Å². The lowest BCUT2D eigenvalue weighted by atomic mass is 10.2. The van der Waals surface area contributed by atoms with E-state index >= 15 is 0 Å². The Kier molecular flexibility index (Phi) is 9.71. The van der Waals surface area contributed by atoms with Gasteiger partial charge in [0.2, 0.25) is 0 Å². The smallest absolute Gasteiger partial charge is 0.339 e. The third-order valence-corrected chi connectivity index (χ3v) is 5.92. The van der Waals surface area contributed by atoms with Crippen molar-refractivity contribution in [2.24, 2.45) is 0 Å². The van der Waals surface area contributed by atoms with Crippen LogP contribution in [0.15, 0.2) is 53.4 Å². The monoisotopic (exact) mass is 459 g/mol. The Labute approximate surface area is 192 Å². The summed E-state index contributed by atoms with van der Waals surface area (Å²) < 4.78 is 21.8. The predicted octanol–water partition coefficient (Wildman–Crippen LogP) is 3.71. The van der Waals surface area contributed by atoms with Crippen molar-refractivity contribution in [2.75, 3.05) is 38.7 Å². The van der Waals surface area contributed by atoms with Crippen molar-refractivity contribution in [1.29, 1.82) is 0 Å². The van der Waals surface area contributed by atoms with Crippen LogP contribution in [0.25, 0.3) is 0 Å². The highest BCUT2D eigenvalue weighted by Crippen LogP contribution is 2.27. The number of hydrogen-bond donors (Lipinski definition) is 1. The number of rotatable bonds is 12. The van der Waals surface area contributed by atoms with E-state index in [2.05, 4.69) is 5.32 Å². The maximum Gasteiger partial charge on any atom is 0.339 e. The molecule has 7 nitrogen and oxygen atoms in total. The zero-order valence-electron chi connectivity index (χ0n) is 18.2. The second-order valence-electron chi connectivity index (χ2n) is 7.12. The summed E-state index contributed by atoms with van der Waals surface area (Å²) in [7, 11) is 0. The minimum atomic E-state index is -0.513. The number of esters is 1. The number of hydrogen-bond acceptors (Lipinski definition) is 7. The Morgan fingerprint density at radius 3 is 2.56 bits per heavy atom. The fourth-order valence-electron chi connectivity index (χ4n) is 3.14. The molecule has 1 aliphatic rings. The molecule has 0 aromatic heterocycles. The number of benzene rings is 2. The van der Waals surface area contributed by atoms with Gasteiger partial charge in [-0.3, -0.25) is 4.79 Å². The van der Waals surface area contributed by atoms with Crippen molar-refractivity contribution in [3.8, 4) is 11.5 Å². The third-order valence-electron chi connectivity index (χ3n) is 4.72. The lowest BCUT2D eigenvalue weighted by molar-refractivity contribution is -0.124. The molecule has 1 amide bonds. The Balaban J connectivity index is 1.36. The Bertz CT molecular complexity index is 867. The van der Waals surface area contributed by atoms with Gasteiger partial charge in [-0.15, -0.1) is 11.8 Å². The highest BCUT2D eigenvalue weighted by Gasteiger charge is 2.19. The van der Waals surface area contributed by atoms with Crippen LogP contribution in [0.5, 0.6) is 11.5 Å². The van der Waals surface area contributed by atoms with Crippen LogP contribution in [0.4, 0.5) is 0 Å². The summed E-state index contributed by atoms with van der Waals surface area (Å²) in [5.74, 6) is 1.37. The minimum absolute atomic E-state index is 0.222. The quantitative estimate of drug-likeness (QED) is 0.294. The first-order valence-corrected chi connectivity index (χ1v) is 11.8. The predicted molar refractivity (Wildman–Crippen MR) is 123 cm³/mol. The molecule has 0 saturated carbocycles. The summed E-state index contributed by atoms with van der Waals surface area (Å²) in [6.07, 6.45) is 2.34. The van der Waals surface area contributed by atoms with E-state index in [4.69, 9.17) is 18.9 Å². The van der Waals surface area contributed by atoms with Crippen LogP contribution in [0, 0.1) is 0 Å². The molecule has 1 fully saturated rings. The molecule has 0 radical (unpaired) electrons. The van der Waals surface area contributed by atoms with Crippen molar-refractivity contribution < 1.29 is 28.5 Å². The molecule has 1 atom stereocenters. The molecule has 0 aliphatic carbocycles. The molecule has 2 aromatic carbocycles. The highest BCUT2D eigenvalue weighted by atomic mass is 32.2. The zero-order valence-corrected chi connectivity index (χ0v) is 19.0. The lowest BCUT2D eigenvalue weighted by Crippen LogP contribution is -2.32. The van der Waals surface area contributed by atoms with E-state index in [0.717, 1.165) is 35.8 Å². The number of amides is 1. The molecular formula is C24H29NO6S. The van der Waals surface area contributed by atoms with E-state index < -0.39 is 5.97 Å². The standard InChI is InChI=1S/C24H29NO6S/c1-2-28-18-9-11-19(12-10-18)30-15-13-25-23(26)16-31-24(27)21-7-3-4-8-22(21)32-17-20-6-5-14-29-20/h3-4,7-12,20H,2,5-6,13-17H2,1H3,(H,25,26). The lowest BCUT2D eigenvalue weighted by Gasteiger charge is -2.12. The van der Waals surface area contributed by atoms with Crippen molar-refractivity contribution in [2.45, 2.75) is 30.8 Å². The van der Waals surface area contributed by atoms with Crippen LogP contribution in [-0.2, 0) is 14.3 Å². The van der Waals surface area contributed by atoms with E-state index in [9.17, 15) is 9.59 Å².